The van der Waals surface area contributed by atoms with E-state index in [1.807, 2.05) is 19.1 Å². The lowest BCUT2D eigenvalue weighted by atomic mass is 10.0. The van der Waals surface area contributed by atoms with Gasteiger partial charge in [0.05, 0.1) is 7.11 Å². The second kappa shape index (κ2) is 5.17. The molecular formula is C17H20N2O. The van der Waals surface area contributed by atoms with Crippen LogP contribution in [0.5, 0.6) is 5.75 Å². The van der Waals surface area contributed by atoms with Crippen molar-refractivity contribution in [2.45, 2.75) is 19.4 Å². The summed E-state index contributed by atoms with van der Waals surface area (Å²) in [5.74, 6) is 0.863. The normalized spacial score (nSPS) is 15.1. The molecule has 2 aromatic carbocycles. The molecule has 2 N–H and O–H groups in total. The van der Waals surface area contributed by atoms with Gasteiger partial charge in [0.15, 0.2) is 0 Å². The summed E-state index contributed by atoms with van der Waals surface area (Å²) in [5, 5.41) is 0. The molecular weight excluding hydrogens is 248 g/mol. The van der Waals surface area contributed by atoms with Gasteiger partial charge in [-0.15, -0.1) is 0 Å². The maximum absolute atomic E-state index is 6.17. The highest BCUT2D eigenvalue weighted by molar-refractivity contribution is 5.74. The number of anilines is 2. The zero-order chi connectivity index (χ0) is 14.1. The van der Waals surface area contributed by atoms with Gasteiger partial charge in [0.2, 0.25) is 0 Å². The second-order valence-corrected chi connectivity index (χ2v) is 5.21. The van der Waals surface area contributed by atoms with Crippen LogP contribution in [0.15, 0.2) is 42.5 Å². The molecule has 0 radical (unpaired) electrons. The predicted octanol–water partition coefficient (Wildman–Crippen LogP) is 3.41. The monoisotopic (exact) mass is 268 g/mol. The summed E-state index contributed by atoms with van der Waals surface area (Å²) in [6.45, 7) is 3.00. The van der Waals surface area contributed by atoms with Crippen molar-refractivity contribution in [2.24, 2.45) is 5.73 Å². The predicted molar refractivity (Wildman–Crippen MR) is 82.7 cm³/mol. The Morgan fingerprint density at radius 2 is 1.85 bits per heavy atom. The molecule has 1 aliphatic heterocycles. The summed E-state index contributed by atoms with van der Waals surface area (Å²) in [6.07, 6.45) is 1.08. The van der Waals surface area contributed by atoms with E-state index in [0.717, 1.165) is 30.0 Å². The summed E-state index contributed by atoms with van der Waals surface area (Å²) in [6, 6.07) is 14.6. The van der Waals surface area contributed by atoms with Crippen LogP contribution in [-0.2, 0) is 6.42 Å². The van der Waals surface area contributed by atoms with Gasteiger partial charge < -0.3 is 15.4 Å². The Morgan fingerprint density at radius 3 is 2.60 bits per heavy atom. The number of rotatable bonds is 3. The quantitative estimate of drug-likeness (QED) is 0.927. The van der Waals surface area contributed by atoms with Gasteiger partial charge in [-0.25, -0.2) is 0 Å². The smallest absolute Gasteiger partial charge is 0.125 e. The first kappa shape index (κ1) is 13.0. The molecule has 0 aromatic heterocycles. The average Bonchev–Trinajstić information content (AvgIpc) is 2.90. The maximum Gasteiger partial charge on any atom is 0.125 e. The number of fused-ring (bicyclic) bond motifs is 1. The van der Waals surface area contributed by atoms with E-state index >= 15 is 0 Å². The van der Waals surface area contributed by atoms with Crippen molar-refractivity contribution in [3.8, 4) is 5.75 Å². The van der Waals surface area contributed by atoms with Crippen LogP contribution in [-0.4, -0.2) is 13.7 Å². The van der Waals surface area contributed by atoms with E-state index in [4.69, 9.17) is 10.5 Å². The highest BCUT2D eigenvalue weighted by Gasteiger charge is 2.24. The number of nitrogens with zero attached hydrogens (tertiary/aromatic N) is 1. The third kappa shape index (κ3) is 2.04. The minimum absolute atomic E-state index is 0.0612. The molecule has 0 bridgehead atoms. The first-order valence-electron chi connectivity index (χ1n) is 7.00. The third-order valence-corrected chi connectivity index (χ3v) is 3.90. The van der Waals surface area contributed by atoms with Crippen molar-refractivity contribution in [1.82, 2.24) is 0 Å². The van der Waals surface area contributed by atoms with Crippen LogP contribution in [0, 0.1) is 0 Å². The number of nitrogens with two attached hydrogens (primary N) is 1. The number of benzene rings is 2. The van der Waals surface area contributed by atoms with E-state index in [2.05, 4.69) is 35.2 Å². The molecule has 0 spiro atoms. The maximum atomic E-state index is 6.17. The molecule has 3 nitrogen and oxygen atoms in total. The molecule has 0 amide bonds. The first-order chi connectivity index (χ1) is 9.72. The molecule has 1 heterocycles. The molecule has 2 aromatic rings. The van der Waals surface area contributed by atoms with E-state index in [0.29, 0.717) is 0 Å². The minimum Gasteiger partial charge on any atom is -0.496 e. The topological polar surface area (TPSA) is 38.5 Å². The number of hydrogen-bond donors (Lipinski definition) is 1. The Labute approximate surface area is 120 Å². The second-order valence-electron chi connectivity index (χ2n) is 5.21. The average molecular weight is 268 g/mol. The van der Waals surface area contributed by atoms with Crippen LogP contribution >= 0.6 is 0 Å². The fourth-order valence-corrected chi connectivity index (χ4v) is 2.99. The van der Waals surface area contributed by atoms with Crippen molar-refractivity contribution in [3.05, 3.63) is 53.6 Å². The first-order valence-corrected chi connectivity index (χ1v) is 7.00. The standard InChI is InChI=1S/C17H20N2O/c1-12(18)17-15(8-5-9-16(17)20-2)19-11-10-13-6-3-4-7-14(13)19/h3-9,12H,10-11,18H2,1-2H3/t12-/m1/s1. The van der Waals surface area contributed by atoms with Crippen molar-refractivity contribution in [2.75, 3.05) is 18.6 Å². The summed E-state index contributed by atoms with van der Waals surface area (Å²) in [5.41, 5.74) is 11.1. The summed E-state index contributed by atoms with van der Waals surface area (Å²) in [4.78, 5) is 2.34. The van der Waals surface area contributed by atoms with E-state index in [1.165, 1.54) is 11.3 Å². The van der Waals surface area contributed by atoms with Crippen LogP contribution in [0.25, 0.3) is 0 Å². The Hall–Kier alpha value is -2.00. The van der Waals surface area contributed by atoms with Crippen molar-refractivity contribution < 1.29 is 4.74 Å². The highest BCUT2D eigenvalue weighted by Crippen LogP contribution is 2.40. The number of ether oxygens (including phenoxy) is 1. The SMILES string of the molecule is COc1cccc(N2CCc3ccccc32)c1[C@@H](C)N. The lowest BCUT2D eigenvalue weighted by Gasteiger charge is -2.25. The summed E-state index contributed by atoms with van der Waals surface area (Å²) >= 11 is 0. The number of methoxy groups -OCH3 is 1. The zero-order valence-corrected chi connectivity index (χ0v) is 12.0. The van der Waals surface area contributed by atoms with E-state index in [1.54, 1.807) is 7.11 Å². The van der Waals surface area contributed by atoms with Gasteiger partial charge in [0.1, 0.15) is 5.75 Å². The highest BCUT2D eigenvalue weighted by atomic mass is 16.5. The molecule has 1 aliphatic rings. The zero-order valence-electron chi connectivity index (χ0n) is 12.0. The van der Waals surface area contributed by atoms with Gasteiger partial charge in [-0.1, -0.05) is 24.3 Å². The third-order valence-electron chi connectivity index (χ3n) is 3.90. The Kier molecular flexibility index (Phi) is 3.36. The fourth-order valence-electron chi connectivity index (χ4n) is 2.99. The Balaban J connectivity index is 2.12. The van der Waals surface area contributed by atoms with Crippen LogP contribution in [0.1, 0.15) is 24.1 Å². The molecule has 3 heteroatoms. The van der Waals surface area contributed by atoms with Gasteiger partial charge in [0.25, 0.3) is 0 Å². The Bertz CT molecular complexity index is 622. The lowest BCUT2D eigenvalue weighted by Crippen LogP contribution is -2.18. The summed E-state index contributed by atoms with van der Waals surface area (Å²) in [7, 11) is 1.70. The molecule has 0 saturated heterocycles. The number of para-hydroxylation sites is 1. The van der Waals surface area contributed by atoms with Gasteiger partial charge >= 0.3 is 0 Å². The molecule has 3 rings (SSSR count). The molecule has 0 aliphatic carbocycles. The molecule has 0 unspecified atom stereocenters. The van der Waals surface area contributed by atoms with Crippen LogP contribution < -0.4 is 15.4 Å². The number of hydrogen-bond acceptors (Lipinski definition) is 3. The molecule has 104 valence electrons. The van der Waals surface area contributed by atoms with Crippen LogP contribution in [0.2, 0.25) is 0 Å². The van der Waals surface area contributed by atoms with Gasteiger partial charge in [-0.05, 0) is 37.1 Å². The molecule has 0 saturated carbocycles. The van der Waals surface area contributed by atoms with Gasteiger partial charge in [0, 0.05) is 29.5 Å². The minimum atomic E-state index is -0.0612. The summed E-state index contributed by atoms with van der Waals surface area (Å²) < 4.78 is 5.49. The van der Waals surface area contributed by atoms with Crippen LogP contribution in [0.3, 0.4) is 0 Å². The van der Waals surface area contributed by atoms with Crippen molar-refractivity contribution >= 4 is 11.4 Å². The van der Waals surface area contributed by atoms with E-state index in [-0.39, 0.29) is 6.04 Å². The Morgan fingerprint density at radius 1 is 1.10 bits per heavy atom. The molecule has 20 heavy (non-hydrogen) atoms. The lowest BCUT2D eigenvalue weighted by molar-refractivity contribution is 0.407. The molecule has 1 atom stereocenters. The van der Waals surface area contributed by atoms with E-state index in [9.17, 15) is 0 Å². The van der Waals surface area contributed by atoms with Crippen molar-refractivity contribution in [1.29, 1.82) is 0 Å². The van der Waals surface area contributed by atoms with Crippen molar-refractivity contribution in [3.63, 3.8) is 0 Å². The van der Waals surface area contributed by atoms with Gasteiger partial charge in [-0.2, -0.15) is 0 Å². The fraction of sp³-hybridized carbons (Fsp3) is 0.294. The largest absolute Gasteiger partial charge is 0.496 e. The van der Waals surface area contributed by atoms with Crippen LogP contribution in [0.4, 0.5) is 11.4 Å². The van der Waals surface area contributed by atoms with Gasteiger partial charge in [-0.3, -0.25) is 0 Å². The van der Waals surface area contributed by atoms with E-state index < -0.39 is 0 Å². The molecule has 0 fully saturated rings.